The SMILES string of the molecule is [O-]P([O-])[O-].c1cc[c]([Sn+]([c]2ccccc2)[c]2ccccc2)cc1.c1cc[c]([Sn+]([c]2ccccc2)[c]2ccccc2)cc1.c1cc[c]([Sn+]([c]2ccccc2)[c]2ccccc2)cc1. The van der Waals surface area contributed by atoms with Crippen molar-refractivity contribution >= 4 is 100 Å². The Hall–Kier alpha value is -4.31. The predicted octanol–water partition coefficient (Wildman–Crippen LogP) is 3.90. The van der Waals surface area contributed by atoms with Crippen LogP contribution in [0.2, 0.25) is 0 Å². The molecule has 0 bridgehead atoms. The van der Waals surface area contributed by atoms with Crippen LogP contribution in [0.5, 0.6) is 0 Å². The van der Waals surface area contributed by atoms with E-state index in [4.69, 9.17) is 14.7 Å². The summed E-state index contributed by atoms with van der Waals surface area (Å²) in [6, 6.07) is 98.8. The van der Waals surface area contributed by atoms with Gasteiger partial charge in [-0.3, -0.25) is 0 Å². The third-order valence-corrected chi connectivity index (χ3v) is 33.0. The van der Waals surface area contributed by atoms with E-state index in [0.717, 1.165) is 0 Å². The standard InChI is InChI=1S/9C6H5.O3P.3Sn/c9*1-2-4-6-5-3-1;1-4(2)3;;;/h9*1-5H;;;;/q;;;;;;;;;-3;3*+1. The van der Waals surface area contributed by atoms with Crippen LogP contribution in [0.1, 0.15) is 0 Å². The molecular formula is C54H45O3PSn3. The summed E-state index contributed by atoms with van der Waals surface area (Å²) in [6.07, 6.45) is 0. The van der Waals surface area contributed by atoms with Crippen molar-refractivity contribution in [1.82, 2.24) is 0 Å². The molecule has 0 saturated heterocycles. The van der Waals surface area contributed by atoms with E-state index in [2.05, 4.69) is 273 Å². The van der Waals surface area contributed by atoms with Crippen molar-refractivity contribution in [2.24, 2.45) is 0 Å². The third-order valence-electron chi connectivity index (χ3n) is 9.56. The van der Waals surface area contributed by atoms with E-state index in [0.29, 0.717) is 0 Å². The van der Waals surface area contributed by atoms with Crippen LogP contribution in [-0.4, -0.2) is 59.3 Å². The second-order valence-corrected chi connectivity index (χ2v) is 35.3. The first-order valence-corrected chi connectivity index (χ1v) is 33.9. The van der Waals surface area contributed by atoms with E-state index in [-0.39, 0.29) is 0 Å². The van der Waals surface area contributed by atoms with Gasteiger partial charge in [0.15, 0.2) is 0 Å². The molecule has 296 valence electrons. The molecule has 0 fully saturated rings. The van der Waals surface area contributed by atoms with Gasteiger partial charge < -0.3 is 23.3 Å². The maximum absolute atomic E-state index is 8.48. The topological polar surface area (TPSA) is 69.2 Å². The Morgan fingerprint density at radius 3 is 0.344 bits per heavy atom. The van der Waals surface area contributed by atoms with Crippen molar-refractivity contribution in [3.63, 3.8) is 0 Å². The zero-order valence-electron chi connectivity index (χ0n) is 33.7. The Morgan fingerprint density at radius 1 is 0.180 bits per heavy atom. The molecule has 7 heteroatoms. The van der Waals surface area contributed by atoms with Gasteiger partial charge in [0.25, 0.3) is 0 Å². The van der Waals surface area contributed by atoms with E-state index in [1.165, 1.54) is 32.2 Å². The average Bonchev–Trinajstić information content (AvgIpc) is 3.33. The maximum atomic E-state index is 8.48. The normalized spacial score (nSPS) is 10.0. The first kappa shape index (κ1) is 46.2. The van der Waals surface area contributed by atoms with Crippen molar-refractivity contribution in [2.75, 3.05) is 0 Å². The van der Waals surface area contributed by atoms with Crippen LogP contribution >= 0.6 is 8.60 Å². The summed E-state index contributed by atoms with van der Waals surface area (Å²) in [5.41, 5.74) is 0. The molecule has 9 aromatic carbocycles. The monoisotopic (exact) mass is 1130 g/mol. The molecule has 9 aromatic rings. The van der Waals surface area contributed by atoms with E-state index in [9.17, 15) is 0 Å². The average molecular weight is 1130 g/mol. The molecule has 0 heterocycles. The molecule has 0 radical (unpaired) electrons. The molecule has 9 rings (SSSR count). The van der Waals surface area contributed by atoms with Crippen molar-refractivity contribution in [3.8, 4) is 0 Å². The van der Waals surface area contributed by atoms with Gasteiger partial charge in [0.2, 0.25) is 0 Å². The zero-order chi connectivity index (χ0) is 42.3. The van der Waals surface area contributed by atoms with Gasteiger partial charge in [0, 0.05) is 0 Å². The molecule has 0 N–H and O–H groups in total. The summed E-state index contributed by atoms with van der Waals surface area (Å²) in [5.74, 6) is 0. The number of hydrogen-bond acceptors (Lipinski definition) is 3. The van der Waals surface area contributed by atoms with Gasteiger partial charge >= 0.3 is 364 Å². The van der Waals surface area contributed by atoms with Gasteiger partial charge in [-0.2, -0.15) is 0 Å². The number of benzene rings is 9. The summed E-state index contributed by atoms with van der Waals surface area (Å²) in [6.45, 7) is 0. The molecule has 0 amide bonds. The second kappa shape index (κ2) is 26.2. The zero-order valence-corrected chi connectivity index (χ0v) is 43.1. The Bertz CT molecular complexity index is 1930. The van der Waals surface area contributed by atoms with Crippen molar-refractivity contribution in [1.29, 1.82) is 0 Å². The minimum absolute atomic E-state index is 1.53. The molecule has 0 aliphatic carbocycles. The van der Waals surface area contributed by atoms with E-state index in [1.54, 1.807) is 0 Å². The Balaban J connectivity index is 0.000000146. The van der Waals surface area contributed by atoms with Gasteiger partial charge in [-0.25, -0.2) is 0 Å². The van der Waals surface area contributed by atoms with Gasteiger partial charge in [-0.1, -0.05) is 0 Å². The fraction of sp³-hybridized carbons (Fsp3) is 0. The molecule has 0 atom stereocenters. The van der Waals surface area contributed by atoms with Crippen LogP contribution in [0.4, 0.5) is 0 Å². The van der Waals surface area contributed by atoms with Crippen LogP contribution in [0.3, 0.4) is 0 Å². The van der Waals surface area contributed by atoms with Crippen LogP contribution in [0.15, 0.2) is 273 Å². The number of rotatable bonds is 9. The van der Waals surface area contributed by atoms with Crippen LogP contribution < -0.4 is 46.9 Å². The summed E-state index contributed by atoms with van der Waals surface area (Å²) < 4.78 is 13.8. The third kappa shape index (κ3) is 14.9. The molecule has 0 saturated carbocycles. The Kier molecular flexibility index (Phi) is 19.9. The quantitative estimate of drug-likeness (QED) is 0.163. The van der Waals surface area contributed by atoms with E-state index >= 15 is 0 Å². The fourth-order valence-corrected chi connectivity index (χ4v) is 29.0. The van der Waals surface area contributed by atoms with E-state index in [1.807, 2.05) is 0 Å². The first-order valence-electron chi connectivity index (χ1n) is 20.0. The molecule has 0 aliphatic rings. The molecule has 0 aliphatic heterocycles. The minimum atomic E-state index is -3.37. The van der Waals surface area contributed by atoms with Gasteiger partial charge in [0.1, 0.15) is 0 Å². The summed E-state index contributed by atoms with van der Waals surface area (Å²) >= 11 is -5.94. The Labute approximate surface area is 383 Å². The van der Waals surface area contributed by atoms with Crippen LogP contribution in [-0.2, 0) is 0 Å². The first-order chi connectivity index (χ1) is 30.1. The molecule has 3 nitrogen and oxygen atoms in total. The van der Waals surface area contributed by atoms with Crippen molar-refractivity contribution in [2.45, 2.75) is 0 Å². The van der Waals surface area contributed by atoms with Crippen LogP contribution in [0, 0.1) is 0 Å². The van der Waals surface area contributed by atoms with Gasteiger partial charge in [0.05, 0.1) is 0 Å². The van der Waals surface area contributed by atoms with Crippen LogP contribution in [0.25, 0.3) is 0 Å². The predicted molar refractivity (Wildman–Crippen MR) is 259 cm³/mol. The molecule has 61 heavy (non-hydrogen) atoms. The van der Waals surface area contributed by atoms with Crippen molar-refractivity contribution in [3.05, 3.63) is 273 Å². The summed E-state index contributed by atoms with van der Waals surface area (Å²) in [5, 5.41) is 0. The molecular weight excluding hydrogens is 1080 g/mol. The van der Waals surface area contributed by atoms with Crippen molar-refractivity contribution < 1.29 is 14.7 Å². The summed E-state index contributed by atoms with van der Waals surface area (Å²) in [7, 11) is -3.37. The van der Waals surface area contributed by atoms with Gasteiger partial charge in [-0.15, -0.1) is 0 Å². The summed E-state index contributed by atoms with van der Waals surface area (Å²) in [4.78, 5) is 25.4. The van der Waals surface area contributed by atoms with Gasteiger partial charge in [-0.05, 0) is 0 Å². The fourth-order valence-electron chi connectivity index (χ4n) is 6.94. The Morgan fingerprint density at radius 2 is 0.262 bits per heavy atom. The molecule has 0 unspecified atom stereocenters. The second-order valence-electron chi connectivity index (χ2n) is 13.6. The number of hydrogen-bond donors (Lipinski definition) is 0. The van der Waals surface area contributed by atoms with E-state index < -0.39 is 67.9 Å². The molecule has 0 spiro atoms. The molecule has 0 aromatic heterocycles.